The Morgan fingerprint density at radius 1 is 1.40 bits per heavy atom. The predicted octanol–water partition coefficient (Wildman–Crippen LogP) is 3.12. The molecule has 0 saturated carbocycles. The number of methoxy groups -OCH3 is 1. The maximum atomic E-state index is 8.97. The molecule has 0 spiro atoms. The number of benzene rings is 1. The van der Waals surface area contributed by atoms with Crippen molar-refractivity contribution in [3.05, 3.63) is 22.2 Å². The van der Waals surface area contributed by atoms with Gasteiger partial charge in [0.25, 0.3) is 0 Å². The first-order valence-corrected chi connectivity index (χ1v) is 5.32. The lowest BCUT2D eigenvalue weighted by molar-refractivity contribution is 0.229. The van der Waals surface area contributed by atoms with Crippen molar-refractivity contribution in [2.24, 2.45) is 0 Å². The molecule has 0 aliphatic carbocycles. The second-order valence-electron chi connectivity index (χ2n) is 3.26. The zero-order chi connectivity index (χ0) is 11.4. The minimum absolute atomic E-state index is 0.00664. The third kappa shape index (κ3) is 2.87. The van der Waals surface area contributed by atoms with E-state index in [4.69, 9.17) is 14.7 Å². The lowest BCUT2D eigenvalue weighted by atomic mass is 10.2. The molecule has 3 nitrogen and oxygen atoms in total. The molecule has 15 heavy (non-hydrogen) atoms. The molecule has 80 valence electrons. The van der Waals surface area contributed by atoms with Crippen LogP contribution in [0.5, 0.6) is 11.5 Å². The molecule has 0 heterocycles. The van der Waals surface area contributed by atoms with Gasteiger partial charge in [-0.05, 0) is 26.0 Å². The Kier molecular flexibility index (Phi) is 3.98. The van der Waals surface area contributed by atoms with E-state index in [2.05, 4.69) is 22.0 Å². The highest BCUT2D eigenvalue weighted by molar-refractivity contribution is 9.10. The molecule has 0 atom stereocenters. The van der Waals surface area contributed by atoms with Crippen molar-refractivity contribution < 1.29 is 9.47 Å². The van der Waals surface area contributed by atoms with Crippen molar-refractivity contribution in [1.82, 2.24) is 0 Å². The first kappa shape index (κ1) is 11.9. The fourth-order valence-electron chi connectivity index (χ4n) is 1.16. The quantitative estimate of drug-likeness (QED) is 0.847. The first-order chi connectivity index (χ1) is 7.08. The number of nitriles is 1. The second-order valence-corrected chi connectivity index (χ2v) is 4.18. The van der Waals surface area contributed by atoms with Gasteiger partial charge in [0.15, 0.2) is 11.5 Å². The molecule has 0 fully saturated rings. The molecular weight excluding hydrogens is 258 g/mol. The van der Waals surface area contributed by atoms with Crippen molar-refractivity contribution in [3.8, 4) is 17.6 Å². The Morgan fingerprint density at radius 3 is 2.53 bits per heavy atom. The van der Waals surface area contributed by atoms with E-state index in [1.54, 1.807) is 19.2 Å². The van der Waals surface area contributed by atoms with Crippen molar-refractivity contribution in [2.45, 2.75) is 20.0 Å². The van der Waals surface area contributed by atoms with Crippen LogP contribution in [0.1, 0.15) is 19.4 Å². The van der Waals surface area contributed by atoms with Crippen molar-refractivity contribution >= 4 is 15.9 Å². The van der Waals surface area contributed by atoms with Crippen LogP contribution in [-0.2, 0) is 0 Å². The summed E-state index contributed by atoms with van der Waals surface area (Å²) in [4.78, 5) is 0. The summed E-state index contributed by atoms with van der Waals surface area (Å²) in [6.07, 6.45) is 0.00664. The Labute approximate surface area is 97.7 Å². The lowest BCUT2D eigenvalue weighted by Crippen LogP contribution is -2.08. The molecule has 1 rings (SSSR count). The Bertz CT molecular complexity index is 396. The first-order valence-electron chi connectivity index (χ1n) is 4.52. The summed E-state index contributed by atoms with van der Waals surface area (Å²) in [7, 11) is 1.55. The van der Waals surface area contributed by atoms with E-state index in [0.29, 0.717) is 17.1 Å². The van der Waals surface area contributed by atoms with Crippen molar-refractivity contribution in [3.63, 3.8) is 0 Å². The van der Waals surface area contributed by atoms with Gasteiger partial charge in [-0.25, -0.2) is 0 Å². The van der Waals surface area contributed by atoms with Crippen LogP contribution in [0.15, 0.2) is 16.6 Å². The van der Waals surface area contributed by atoms with E-state index in [0.717, 1.165) is 4.47 Å². The largest absolute Gasteiger partial charge is 0.493 e. The monoisotopic (exact) mass is 269 g/mol. The average Bonchev–Trinajstić information content (AvgIpc) is 2.19. The summed E-state index contributed by atoms with van der Waals surface area (Å²) in [6.45, 7) is 3.81. The van der Waals surface area contributed by atoms with E-state index in [-0.39, 0.29) is 6.10 Å². The number of halogens is 1. The minimum Gasteiger partial charge on any atom is -0.493 e. The Hall–Kier alpha value is -1.21. The van der Waals surface area contributed by atoms with Gasteiger partial charge in [0.1, 0.15) is 6.07 Å². The van der Waals surface area contributed by atoms with Gasteiger partial charge >= 0.3 is 0 Å². The number of rotatable bonds is 3. The average molecular weight is 270 g/mol. The Morgan fingerprint density at radius 2 is 2.07 bits per heavy atom. The topological polar surface area (TPSA) is 42.2 Å². The predicted molar refractivity (Wildman–Crippen MR) is 61.2 cm³/mol. The molecule has 0 saturated heterocycles. The van der Waals surface area contributed by atoms with E-state index in [9.17, 15) is 0 Å². The maximum Gasteiger partial charge on any atom is 0.179 e. The van der Waals surface area contributed by atoms with Crippen LogP contribution >= 0.6 is 15.9 Å². The molecule has 0 aliphatic heterocycles. The van der Waals surface area contributed by atoms with Gasteiger partial charge in [0, 0.05) is 4.47 Å². The van der Waals surface area contributed by atoms with Crippen molar-refractivity contribution in [1.29, 1.82) is 5.26 Å². The summed E-state index contributed by atoms with van der Waals surface area (Å²) in [6, 6.07) is 5.57. The molecule has 0 unspecified atom stereocenters. The van der Waals surface area contributed by atoms with Gasteiger partial charge < -0.3 is 9.47 Å². The van der Waals surface area contributed by atoms with Gasteiger partial charge in [0.2, 0.25) is 0 Å². The van der Waals surface area contributed by atoms with Crippen LogP contribution in [-0.4, -0.2) is 13.2 Å². The Balaban J connectivity index is 3.25. The van der Waals surface area contributed by atoms with E-state index in [1.807, 2.05) is 13.8 Å². The SMILES string of the molecule is COc1cc(Br)cc(C#N)c1OC(C)C. The van der Waals surface area contributed by atoms with E-state index >= 15 is 0 Å². The fourth-order valence-corrected chi connectivity index (χ4v) is 1.60. The summed E-state index contributed by atoms with van der Waals surface area (Å²) < 4.78 is 11.5. The normalized spacial score (nSPS) is 9.87. The molecule has 0 N–H and O–H groups in total. The fraction of sp³-hybridized carbons (Fsp3) is 0.364. The number of hydrogen-bond donors (Lipinski definition) is 0. The summed E-state index contributed by atoms with van der Waals surface area (Å²) in [5.74, 6) is 1.06. The van der Waals surface area contributed by atoms with Gasteiger partial charge in [-0.15, -0.1) is 0 Å². The maximum absolute atomic E-state index is 8.97. The molecule has 0 amide bonds. The van der Waals surface area contributed by atoms with E-state index < -0.39 is 0 Å². The number of hydrogen-bond acceptors (Lipinski definition) is 3. The smallest absolute Gasteiger partial charge is 0.179 e. The molecule has 0 radical (unpaired) electrons. The highest BCUT2D eigenvalue weighted by Gasteiger charge is 2.13. The molecule has 1 aromatic rings. The summed E-state index contributed by atoms with van der Waals surface area (Å²) >= 11 is 3.31. The van der Waals surface area contributed by atoms with Crippen LogP contribution in [0.4, 0.5) is 0 Å². The summed E-state index contributed by atoms with van der Waals surface area (Å²) in [5.41, 5.74) is 0.468. The molecule has 0 bridgehead atoms. The van der Waals surface area contributed by atoms with Gasteiger partial charge in [0.05, 0.1) is 18.8 Å². The molecule has 0 aromatic heterocycles. The molecule has 0 aliphatic rings. The lowest BCUT2D eigenvalue weighted by Gasteiger charge is -2.15. The minimum atomic E-state index is 0.00664. The number of nitrogens with zero attached hydrogens (tertiary/aromatic N) is 1. The summed E-state index contributed by atoms with van der Waals surface area (Å²) in [5, 5.41) is 8.97. The third-order valence-corrected chi connectivity index (χ3v) is 2.17. The highest BCUT2D eigenvalue weighted by Crippen LogP contribution is 2.34. The van der Waals surface area contributed by atoms with Crippen LogP contribution in [0, 0.1) is 11.3 Å². The number of ether oxygens (including phenoxy) is 2. The zero-order valence-corrected chi connectivity index (χ0v) is 10.5. The van der Waals surface area contributed by atoms with Gasteiger partial charge in [-0.2, -0.15) is 5.26 Å². The zero-order valence-electron chi connectivity index (χ0n) is 8.87. The van der Waals surface area contributed by atoms with Gasteiger partial charge in [-0.3, -0.25) is 0 Å². The molecule has 4 heteroatoms. The van der Waals surface area contributed by atoms with Crippen LogP contribution in [0.3, 0.4) is 0 Å². The van der Waals surface area contributed by atoms with Crippen LogP contribution in [0.2, 0.25) is 0 Å². The van der Waals surface area contributed by atoms with Crippen LogP contribution < -0.4 is 9.47 Å². The standard InChI is InChI=1S/C11H12BrNO2/c1-7(2)15-11-8(6-13)4-9(12)5-10(11)14-3/h4-5,7H,1-3H3. The second kappa shape index (κ2) is 5.04. The highest BCUT2D eigenvalue weighted by atomic mass is 79.9. The van der Waals surface area contributed by atoms with Crippen molar-refractivity contribution in [2.75, 3.05) is 7.11 Å². The van der Waals surface area contributed by atoms with Crippen LogP contribution in [0.25, 0.3) is 0 Å². The third-order valence-electron chi connectivity index (χ3n) is 1.71. The van der Waals surface area contributed by atoms with E-state index in [1.165, 1.54) is 0 Å². The van der Waals surface area contributed by atoms with Gasteiger partial charge in [-0.1, -0.05) is 15.9 Å². The molecule has 1 aromatic carbocycles. The molecular formula is C11H12BrNO2.